The molecular weight excluding hydrogens is 281 g/mol. The normalized spacial score (nSPS) is 12.3. The summed E-state index contributed by atoms with van der Waals surface area (Å²) in [5.41, 5.74) is 1.37. The first kappa shape index (κ1) is 15.6. The summed E-state index contributed by atoms with van der Waals surface area (Å²) in [5.74, 6) is 0.353. The molecule has 0 saturated carbocycles. The van der Waals surface area contributed by atoms with Gasteiger partial charge in [-0.15, -0.1) is 0 Å². The summed E-state index contributed by atoms with van der Waals surface area (Å²) in [4.78, 5) is 5.47. The highest BCUT2D eigenvalue weighted by molar-refractivity contribution is 5.55. The molecule has 0 amide bonds. The Kier molecular flexibility index (Phi) is 4.41. The SMILES string of the molecule is CC(C)NCc1c(N(C)CC(F)(F)F)nc2ccccn12. The number of rotatable bonds is 5. The lowest BCUT2D eigenvalue weighted by molar-refractivity contribution is -0.119. The maximum Gasteiger partial charge on any atom is 0.405 e. The van der Waals surface area contributed by atoms with Crippen molar-refractivity contribution in [1.29, 1.82) is 0 Å². The number of anilines is 1. The molecule has 2 heterocycles. The molecule has 0 aromatic carbocycles. The van der Waals surface area contributed by atoms with E-state index in [9.17, 15) is 13.2 Å². The first-order valence-electron chi connectivity index (χ1n) is 6.75. The Morgan fingerprint density at radius 1 is 1.33 bits per heavy atom. The summed E-state index contributed by atoms with van der Waals surface area (Å²) in [5, 5.41) is 3.23. The third-order valence-electron chi connectivity index (χ3n) is 3.06. The molecular formula is C14H19F3N4. The van der Waals surface area contributed by atoms with Gasteiger partial charge in [0.25, 0.3) is 0 Å². The van der Waals surface area contributed by atoms with Gasteiger partial charge in [0.05, 0.1) is 5.69 Å². The summed E-state index contributed by atoms with van der Waals surface area (Å²) in [6.07, 6.45) is -2.45. The first-order valence-corrected chi connectivity index (χ1v) is 6.75. The zero-order chi connectivity index (χ0) is 15.6. The van der Waals surface area contributed by atoms with E-state index >= 15 is 0 Å². The van der Waals surface area contributed by atoms with E-state index in [0.29, 0.717) is 18.0 Å². The summed E-state index contributed by atoms with van der Waals surface area (Å²) >= 11 is 0. The summed E-state index contributed by atoms with van der Waals surface area (Å²) < 4.78 is 39.6. The number of nitrogens with one attached hydrogen (secondary N) is 1. The fourth-order valence-electron chi connectivity index (χ4n) is 2.15. The Balaban J connectivity index is 2.38. The number of halogens is 3. The van der Waals surface area contributed by atoms with Crippen molar-refractivity contribution in [2.45, 2.75) is 32.6 Å². The van der Waals surface area contributed by atoms with E-state index < -0.39 is 12.7 Å². The van der Waals surface area contributed by atoms with E-state index in [4.69, 9.17) is 0 Å². The summed E-state index contributed by atoms with van der Waals surface area (Å²) in [6, 6.07) is 5.67. The highest BCUT2D eigenvalue weighted by Gasteiger charge is 2.31. The lowest BCUT2D eigenvalue weighted by Crippen LogP contribution is -2.32. The maximum absolute atomic E-state index is 12.6. The number of pyridine rings is 1. The molecule has 0 aliphatic carbocycles. The van der Waals surface area contributed by atoms with Gasteiger partial charge in [-0.25, -0.2) is 4.98 Å². The van der Waals surface area contributed by atoms with Crippen LogP contribution < -0.4 is 10.2 Å². The van der Waals surface area contributed by atoms with Gasteiger partial charge in [0.2, 0.25) is 0 Å². The number of nitrogens with zero attached hydrogens (tertiary/aromatic N) is 3. The molecule has 0 radical (unpaired) electrons. The number of imidazole rings is 1. The van der Waals surface area contributed by atoms with Crippen LogP contribution in [0.25, 0.3) is 5.65 Å². The van der Waals surface area contributed by atoms with Gasteiger partial charge in [0.1, 0.15) is 12.2 Å². The van der Waals surface area contributed by atoms with Gasteiger partial charge < -0.3 is 14.6 Å². The van der Waals surface area contributed by atoms with Crippen molar-refractivity contribution in [2.24, 2.45) is 0 Å². The molecule has 2 aromatic heterocycles. The molecule has 21 heavy (non-hydrogen) atoms. The zero-order valence-electron chi connectivity index (χ0n) is 12.3. The Morgan fingerprint density at radius 2 is 2.05 bits per heavy atom. The molecule has 2 aromatic rings. The smallest absolute Gasteiger partial charge is 0.349 e. The average molecular weight is 300 g/mol. The van der Waals surface area contributed by atoms with Crippen molar-refractivity contribution < 1.29 is 13.2 Å². The van der Waals surface area contributed by atoms with E-state index in [2.05, 4.69) is 10.3 Å². The lowest BCUT2D eigenvalue weighted by Gasteiger charge is -2.20. The zero-order valence-corrected chi connectivity index (χ0v) is 12.3. The van der Waals surface area contributed by atoms with Crippen LogP contribution in [0.1, 0.15) is 19.5 Å². The monoisotopic (exact) mass is 300 g/mol. The van der Waals surface area contributed by atoms with Crippen molar-refractivity contribution in [3.05, 3.63) is 30.1 Å². The highest BCUT2D eigenvalue weighted by atomic mass is 19.4. The molecule has 0 aliphatic heterocycles. The highest BCUT2D eigenvalue weighted by Crippen LogP contribution is 2.24. The molecule has 0 aliphatic rings. The summed E-state index contributed by atoms with van der Waals surface area (Å²) in [6.45, 7) is 3.41. The Morgan fingerprint density at radius 3 is 2.67 bits per heavy atom. The molecule has 0 bridgehead atoms. The molecule has 2 rings (SSSR count). The van der Waals surface area contributed by atoms with Gasteiger partial charge in [-0.05, 0) is 12.1 Å². The van der Waals surface area contributed by atoms with Crippen molar-refractivity contribution >= 4 is 11.5 Å². The van der Waals surface area contributed by atoms with E-state index in [0.717, 1.165) is 10.6 Å². The molecule has 1 N–H and O–H groups in total. The van der Waals surface area contributed by atoms with E-state index in [-0.39, 0.29) is 6.04 Å². The van der Waals surface area contributed by atoms with Gasteiger partial charge in [-0.1, -0.05) is 19.9 Å². The van der Waals surface area contributed by atoms with Gasteiger partial charge in [-0.2, -0.15) is 13.2 Å². The van der Waals surface area contributed by atoms with Gasteiger partial charge in [-0.3, -0.25) is 0 Å². The van der Waals surface area contributed by atoms with Gasteiger partial charge in [0.15, 0.2) is 5.82 Å². The molecule has 0 unspecified atom stereocenters. The largest absolute Gasteiger partial charge is 0.405 e. The van der Waals surface area contributed by atoms with Crippen LogP contribution in [-0.4, -0.2) is 35.2 Å². The van der Waals surface area contributed by atoms with Gasteiger partial charge in [0, 0.05) is 25.8 Å². The second-order valence-electron chi connectivity index (χ2n) is 5.32. The summed E-state index contributed by atoms with van der Waals surface area (Å²) in [7, 11) is 1.41. The fourth-order valence-corrected chi connectivity index (χ4v) is 2.15. The van der Waals surface area contributed by atoms with Crippen LogP contribution in [0.15, 0.2) is 24.4 Å². The minimum absolute atomic E-state index is 0.236. The molecule has 0 fully saturated rings. The lowest BCUT2D eigenvalue weighted by atomic mass is 10.3. The Hall–Kier alpha value is -1.76. The maximum atomic E-state index is 12.6. The van der Waals surface area contributed by atoms with Crippen molar-refractivity contribution in [3.63, 3.8) is 0 Å². The van der Waals surface area contributed by atoms with E-state index in [1.54, 1.807) is 6.07 Å². The third kappa shape index (κ3) is 3.87. The molecule has 4 nitrogen and oxygen atoms in total. The first-order chi connectivity index (χ1) is 9.78. The second kappa shape index (κ2) is 5.93. The topological polar surface area (TPSA) is 32.6 Å². The van der Waals surface area contributed by atoms with Crippen LogP contribution in [0, 0.1) is 0 Å². The number of hydrogen-bond donors (Lipinski definition) is 1. The predicted octanol–water partition coefficient (Wildman–Crippen LogP) is 2.83. The Labute approximate surface area is 121 Å². The van der Waals surface area contributed by atoms with Crippen molar-refractivity contribution in [2.75, 3.05) is 18.5 Å². The van der Waals surface area contributed by atoms with E-state index in [1.165, 1.54) is 7.05 Å². The number of fused-ring (bicyclic) bond motifs is 1. The standard InChI is InChI=1S/C14H19F3N4/c1-10(2)18-8-11-13(20(3)9-14(15,16)17)19-12-6-4-5-7-21(11)12/h4-7,10,18H,8-9H2,1-3H3. The van der Waals surface area contributed by atoms with E-state index in [1.807, 2.05) is 36.6 Å². The molecule has 116 valence electrons. The molecule has 0 saturated heterocycles. The minimum Gasteiger partial charge on any atom is -0.349 e. The minimum atomic E-state index is -4.26. The molecule has 7 heteroatoms. The number of alkyl halides is 3. The average Bonchev–Trinajstić information content (AvgIpc) is 2.73. The van der Waals surface area contributed by atoms with Crippen molar-refractivity contribution in [1.82, 2.24) is 14.7 Å². The molecule has 0 atom stereocenters. The molecule has 0 spiro atoms. The van der Waals surface area contributed by atoms with Crippen LogP contribution in [0.3, 0.4) is 0 Å². The third-order valence-corrected chi connectivity index (χ3v) is 3.06. The quantitative estimate of drug-likeness (QED) is 0.921. The van der Waals surface area contributed by atoms with Gasteiger partial charge >= 0.3 is 6.18 Å². The predicted molar refractivity (Wildman–Crippen MR) is 76.5 cm³/mol. The van der Waals surface area contributed by atoms with Crippen LogP contribution in [0.5, 0.6) is 0 Å². The Bertz CT molecular complexity index is 604. The second-order valence-corrected chi connectivity index (χ2v) is 5.32. The van der Waals surface area contributed by atoms with Crippen LogP contribution >= 0.6 is 0 Å². The number of hydrogen-bond acceptors (Lipinski definition) is 3. The van der Waals surface area contributed by atoms with Crippen molar-refractivity contribution in [3.8, 4) is 0 Å². The van der Waals surface area contributed by atoms with Crippen LogP contribution in [0.4, 0.5) is 19.0 Å². The van der Waals surface area contributed by atoms with Crippen LogP contribution in [0.2, 0.25) is 0 Å². The number of aromatic nitrogens is 2. The van der Waals surface area contributed by atoms with Crippen LogP contribution in [-0.2, 0) is 6.54 Å². The fraction of sp³-hybridized carbons (Fsp3) is 0.500.